The van der Waals surface area contributed by atoms with Crippen molar-refractivity contribution in [2.45, 2.75) is 6.10 Å². The molecule has 2 nitrogen and oxygen atoms in total. The summed E-state index contributed by atoms with van der Waals surface area (Å²) >= 11 is 0. The Bertz CT molecular complexity index is 389. The van der Waals surface area contributed by atoms with Crippen LogP contribution in [0.1, 0.15) is 11.7 Å². The quantitative estimate of drug-likeness (QED) is 0.495. The van der Waals surface area contributed by atoms with Crippen molar-refractivity contribution in [3.63, 3.8) is 0 Å². The van der Waals surface area contributed by atoms with Gasteiger partial charge in [-0.1, -0.05) is 0 Å². The molecule has 5 heteroatoms. The zero-order chi connectivity index (χ0) is 9.59. The average molecular weight is 188 g/mol. The minimum atomic E-state index is -1.58. The standard InChI is InChI=1S/C8H3F3O2/c9-4-2-1-3(5(10)6(4)11)7-8(12)13-7/h1-2,7H. The number of hydrogen-bond donors (Lipinski definition) is 0. The lowest BCUT2D eigenvalue weighted by atomic mass is 10.1. The highest BCUT2D eigenvalue weighted by molar-refractivity contribution is 5.88. The van der Waals surface area contributed by atoms with E-state index in [1.807, 2.05) is 0 Å². The molecular weight excluding hydrogens is 185 g/mol. The molecule has 13 heavy (non-hydrogen) atoms. The van der Waals surface area contributed by atoms with Crippen LogP contribution in [0.3, 0.4) is 0 Å². The van der Waals surface area contributed by atoms with Gasteiger partial charge in [-0.25, -0.2) is 18.0 Å². The number of hydrogen-bond acceptors (Lipinski definition) is 2. The van der Waals surface area contributed by atoms with Crippen molar-refractivity contribution < 1.29 is 22.7 Å². The predicted octanol–water partition coefficient (Wildman–Crippen LogP) is 1.70. The van der Waals surface area contributed by atoms with Crippen LogP contribution >= 0.6 is 0 Å². The highest BCUT2D eigenvalue weighted by Crippen LogP contribution is 2.34. The van der Waals surface area contributed by atoms with Crippen LogP contribution in [-0.4, -0.2) is 5.97 Å². The maximum Gasteiger partial charge on any atom is 0.353 e. The second kappa shape index (κ2) is 2.48. The molecule has 1 saturated heterocycles. The van der Waals surface area contributed by atoms with Crippen molar-refractivity contribution in [3.05, 3.63) is 35.1 Å². The fraction of sp³-hybridized carbons (Fsp3) is 0.125. The van der Waals surface area contributed by atoms with E-state index in [0.29, 0.717) is 0 Å². The largest absolute Gasteiger partial charge is 0.442 e. The smallest absolute Gasteiger partial charge is 0.353 e. The van der Waals surface area contributed by atoms with Gasteiger partial charge in [0.15, 0.2) is 17.5 Å². The summed E-state index contributed by atoms with van der Waals surface area (Å²) in [5, 5.41) is 0. The summed E-state index contributed by atoms with van der Waals surface area (Å²) in [7, 11) is 0. The summed E-state index contributed by atoms with van der Waals surface area (Å²) in [6, 6.07) is 1.74. The lowest BCUT2D eigenvalue weighted by Crippen LogP contribution is -1.96. The van der Waals surface area contributed by atoms with Gasteiger partial charge in [0.1, 0.15) is 0 Å². The molecule has 1 atom stereocenters. The van der Waals surface area contributed by atoms with E-state index in [4.69, 9.17) is 0 Å². The Kier molecular flexibility index (Phi) is 1.55. The van der Waals surface area contributed by atoms with Crippen molar-refractivity contribution in [3.8, 4) is 0 Å². The van der Waals surface area contributed by atoms with Crippen LogP contribution in [0.2, 0.25) is 0 Å². The first-order chi connectivity index (χ1) is 6.11. The molecule has 0 N–H and O–H groups in total. The number of carbonyl (C=O) groups is 1. The van der Waals surface area contributed by atoms with Crippen molar-refractivity contribution in [1.82, 2.24) is 0 Å². The van der Waals surface area contributed by atoms with Gasteiger partial charge >= 0.3 is 5.97 Å². The molecule has 0 bridgehead atoms. The van der Waals surface area contributed by atoms with Crippen molar-refractivity contribution in [1.29, 1.82) is 0 Å². The van der Waals surface area contributed by atoms with Gasteiger partial charge in [0.05, 0.1) is 0 Å². The molecule has 0 radical (unpaired) electrons. The minimum Gasteiger partial charge on any atom is -0.442 e. The zero-order valence-electron chi connectivity index (χ0n) is 6.18. The molecule has 1 unspecified atom stereocenters. The van der Waals surface area contributed by atoms with E-state index in [0.717, 1.165) is 12.1 Å². The number of epoxide rings is 1. The van der Waals surface area contributed by atoms with Gasteiger partial charge in [-0.15, -0.1) is 0 Å². The number of benzene rings is 1. The Morgan fingerprint density at radius 3 is 2.31 bits per heavy atom. The number of rotatable bonds is 1. The van der Waals surface area contributed by atoms with E-state index in [1.165, 1.54) is 0 Å². The Balaban J connectivity index is 2.48. The van der Waals surface area contributed by atoms with Gasteiger partial charge < -0.3 is 4.74 Å². The lowest BCUT2D eigenvalue weighted by Gasteiger charge is -1.98. The molecule has 0 saturated carbocycles. The lowest BCUT2D eigenvalue weighted by molar-refractivity contribution is -0.117. The maximum absolute atomic E-state index is 12.9. The Labute approximate surface area is 70.9 Å². The summed E-state index contributed by atoms with van der Waals surface area (Å²) in [5.41, 5.74) is -0.260. The first-order valence-corrected chi connectivity index (χ1v) is 3.45. The second-order valence-electron chi connectivity index (χ2n) is 2.58. The fourth-order valence-electron chi connectivity index (χ4n) is 1.02. The highest BCUT2D eigenvalue weighted by atomic mass is 19.2. The van der Waals surface area contributed by atoms with E-state index >= 15 is 0 Å². The van der Waals surface area contributed by atoms with Crippen LogP contribution in [0.5, 0.6) is 0 Å². The molecule has 1 heterocycles. The number of halogens is 3. The van der Waals surface area contributed by atoms with Crippen molar-refractivity contribution in [2.24, 2.45) is 0 Å². The number of cyclic esters (lactones) is 1. The Morgan fingerprint density at radius 2 is 1.77 bits per heavy atom. The SMILES string of the molecule is O=C1OC1c1ccc(F)c(F)c1F. The molecule has 1 aromatic carbocycles. The monoisotopic (exact) mass is 188 g/mol. The third kappa shape index (κ3) is 1.16. The minimum absolute atomic E-state index is 0.260. The molecule has 1 aliphatic heterocycles. The van der Waals surface area contributed by atoms with E-state index in [-0.39, 0.29) is 5.56 Å². The Morgan fingerprint density at radius 1 is 1.15 bits per heavy atom. The van der Waals surface area contributed by atoms with Crippen LogP contribution in [-0.2, 0) is 9.53 Å². The van der Waals surface area contributed by atoms with Gasteiger partial charge in [-0.3, -0.25) is 0 Å². The third-order valence-corrected chi connectivity index (χ3v) is 1.74. The third-order valence-electron chi connectivity index (χ3n) is 1.74. The molecule has 2 rings (SSSR count). The molecule has 0 amide bonds. The average Bonchev–Trinajstić information content (AvgIpc) is 2.79. The molecule has 0 aliphatic carbocycles. The van der Waals surface area contributed by atoms with Gasteiger partial charge in [0.2, 0.25) is 6.10 Å². The number of carbonyl (C=O) groups excluding carboxylic acids is 1. The van der Waals surface area contributed by atoms with Gasteiger partial charge in [-0.05, 0) is 12.1 Å². The summed E-state index contributed by atoms with van der Waals surface area (Å²) in [6.45, 7) is 0. The first kappa shape index (κ1) is 8.10. The normalized spacial score (nSPS) is 19.9. The molecule has 0 aromatic heterocycles. The van der Waals surface area contributed by atoms with Crippen LogP contribution in [0, 0.1) is 17.5 Å². The topological polar surface area (TPSA) is 29.6 Å². The van der Waals surface area contributed by atoms with Crippen LogP contribution in [0.15, 0.2) is 12.1 Å². The van der Waals surface area contributed by atoms with E-state index in [1.54, 1.807) is 0 Å². The van der Waals surface area contributed by atoms with Crippen LogP contribution in [0.4, 0.5) is 13.2 Å². The molecular formula is C8H3F3O2. The van der Waals surface area contributed by atoms with Gasteiger partial charge in [0, 0.05) is 5.56 Å². The van der Waals surface area contributed by atoms with Gasteiger partial charge in [-0.2, -0.15) is 0 Å². The molecule has 1 fully saturated rings. The maximum atomic E-state index is 12.9. The second-order valence-corrected chi connectivity index (χ2v) is 2.58. The Hall–Kier alpha value is -1.52. The summed E-state index contributed by atoms with van der Waals surface area (Å²) in [5.74, 6) is -4.86. The number of ether oxygens (including phenoxy) is 1. The predicted molar refractivity (Wildman–Crippen MR) is 35.1 cm³/mol. The molecule has 68 valence electrons. The van der Waals surface area contributed by atoms with Crippen molar-refractivity contribution in [2.75, 3.05) is 0 Å². The molecule has 1 aliphatic rings. The molecule has 0 spiro atoms. The van der Waals surface area contributed by atoms with Gasteiger partial charge in [0.25, 0.3) is 0 Å². The van der Waals surface area contributed by atoms with E-state index in [9.17, 15) is 18.0 Å². The summed E-state index contributed by atoms with van der Waals surface area (Å²) < 4.78 is 42.2. The zero-order valence-corrected chi connectivity index (χ0v) is 6.18. The highest BCUT2D eigenvalue weighted by Gasteiger charge is 2.42. The van der Waals surface area contributed by atoms with Crippen molar-refractivity contribution >= 4 is 5.97 Å². The van der Waals surface area contributed by atoms with E-state index < -0.39 is 29.5 Å². The van der Waals surface area contributed by atoms with E-state index in [2.05, 4.69) is 4.74 Å². The van der Waals surface area contributed by atoms with Crippen LogP contribution in [0.25, 0.3) is 0 Å². The molecule has 1 aromatic rings. The van der Waals surface area contributed by atoms with Crippen LogP contribution < -0.4 is 0 Å². The first-order valence-electron chi connectivity index (χ1n) is 3.45. The fourth-order valence-corrected chi connectivity index (χ4v) is 1.02. The summed E-state index contributed by atoms with van der Waals surface area (Å²) in [6.07, 6.45) is -1.06. The summed E-state index contributed by atoms with van der Waals surface area (Å²) in [4.78, 5) is 10.4.